The Morgan fingerprint density at radius 2 is 2.10 bits per heavy atom. The predicted octanol–water partition coefficient (Wildman–Crippen LogP) is 2.72. The van der Waals surface area contributed by atoms with Crippen LogP contribution in [0.3, 0.4) is 0 Å². The van der Waals surface area contributed by atoms with E-state index in [1.807, 2.05) is 0 Å². The lowest BCUT2D eigenvalue weighted by Gasteiger charge is -2.37. The maximum atomic E-state index is 12.4. The number of esters is 1. The zero-order chi connectivity index (χ0) is 15.8. The second kappa shape index (κ2) is 5.71. The van der Waals surface area contributed by atoms with Gasteiger partial charge < -0.3 is 9.84 Å². The van der Waals surface area contributed by atoms with Crippen molar-refractivity contribution in [2.24, 2.45) is 23.2 Å². The quantitative estimate of drug-likeness (QED) is 0.813. The third-order valence-corrected chi connectivity index (χ3v) is 5.91. The van der Waals surface area contributed by atoms with Crippen molar-refractivity contribution in [1.29, 1.82) is 0 Å². The van der Waals surface area contributed by atoms with Gasteiger partial charge in [0.05, 0.1) is 5.60 Å². The first kappa shape index (κ1) is 16.5. The van der Waals surface area contributed by atoms with Crippen LogP contribution in [-0.4, -0.2) is 29.1 Å². The zero-order valence-electron chi connectivity index (χ0n) is 13.6. The molecule has 0 spiro atoms. The van der Waals surface area contributed by atoms with Gasteiger partial charge in [-0.3, -0.25) is 9.59 Å². The fraction of sp³-hybridized carbons (Fsp3) is 0.882. The van der Waals surface area contributed by atoms with Crippen LogP contribution in [0.2, 0.25) is 0 Å². The number of ketones is 1. The number of fused-ring (bicyclic) bond motifs is 1. The summed E-state index contributed by atoms with van der Waals surface area (Å²) in [4.78, 5) is 23.4. The Balaban J connectivity index is 2.18. The molecule has 2 aliphatic rings. The fourth-order valence-corrected chi connectivity index (χ4v) is 4.45. The summed E-state index contributed by atoms with van der Waals surface area (Å²) in [6, 6.07) is 0. The molecular formula is C17H28O4. The van der Waals surface area contributed by atoms with Crippen LogP contribution in [0.1, 0.15) is 59.8 Å². The van der Waals surface area contributed by atoms with E-state index in [4.69, 9.17) is 4.74 Å². The number of carbonyl (C=O) groups excluding carboxylic acids is 2. The standard InChI is InChI=1S/C17H28O4/c1-11-5-6-13(17(4,20)10-21-12(2)18)9-16(3)14(11)7-8-15(16)19/h11,13-14,20H,5-10H2,1-4H3. The van der Waals surface area contributed by atoms with Gasteiger partial charge in [-0.1, -0.05) is 20.3 Å². The fourth-order valence-electron chi connectivity index (χ4n) is 4.45. The Hall–Kier alpha value is -0.900. The number of ether oxygens (including phenoxy) is 1. The first-order valence-corrected chi connectivity index (χ1v) is 8.06. The highest BCUT2D eigenvalue weighted by Crippen LogP contribution is 2.53. The average molecular weight is 296 g/mol. The van der Waals surface area contributed by atoms with Crippen molar-refractivity contribution in [2.45, 2.75) is 65.4 Å². The molecule has 2 rings (SSSR count). The molecule has 5 unspecified atom stereocenters. The van der Waals surface area contributed by atoms with E-state index >= 15 is 0 Å². The molecule has 4 nitrogen and oxygen atoms in total. The van der Waals surface area contributed by atoms with E-state index in [1.54, 1.807) is 6.92 Å². The van der Waals surface area contributed by atoms with E-state index in [-0.39, 0.29) is 23.9 Å². The molecule has 0 bridgehead atoms. The van der Waals surface area contributed by atoms with Crippen LogP contribution in [0.15, 0.2) is 0 Å². The molecule has 0 radical (unpaired) electrons. The van der Waals surface area contributed by atoms with E-state index in [1.165, 1.54) is 6.92 Å². The molecule has 21 heavy (non-hydrogen) atoms. The van der Waals surface area contributed by atoms with Gasteiger partial charge in [-0.25, -0.2) is 0 Å². The minimum Gasteiger partial charge on any atom is -0.463 e. The minimum atomic E-state index is -1.06. The third kappa shape index (κ3) is 3.15. The number of Topliss-reactive ketones (excluding diaryl/α,β-unsaturated/α-hetero) is 1. The van der Waals surface area contributed by atoms with Gasteiger partial charge in [0.1, 0.15) is 12.4 Å². The smallest absolute Gasteiger partial charge is 0.302 e. The van der Waals surface area contributed by atoms with Crippen molar-refractivity contribution in [3.05, 3.63) is 0 Å². The van der Waals surface area contributed by atoms with Crippen LogP contribution in [0.4, 0.5) is 0 Å². The molecule has 2 saturated carbocycles. The highest BCUT2D eigenvalue weighted by molar-refractivity contribution is 5.87. The SMILES string of the molecule is CC(=O)OCC(C)(O)C1CCC(C)C2CCC(=O)C2(C)C1. The van der Waals surface area contributed by atoms with Gasteiger partial charge >= 0.3 is 5.97 Å². The Morgan fingerprint density at radius 1 is 1.43 bits per heavy atom. The topological polar surface area (TPSA) is 63.6 Å². The average Bonchev–Trinajstić information content (AvgIpc) is 2.60. The Bertz CT molecular complexity index is 429. The number of hydrogen-bond acceptors (Lipinski definition) is 4. The molecule has 0 amide bonds. The Labute approximate surface area is 127 Å². The van der Waals surface area contributed by atoms with E-state index < -0.39 is 5.60 Å². The number of rotatable bonds is 3. The van der Waals surface area contributed by atoms with Crippen molar-refractivity contribution >= 4 is 11.8 Å². The lowest BCUT2D eigenvalue weighted by molar-refractivity contribution is -0.153. The number of carbonyl (C=O) groups is 2. The number of aliphatic hydroxyl groups is 1. The summed E-state index contributed by atoms with van der Waals surface area (Å²) in [5.74, 6) is 0.902. The van der Waals surface area contributed by atoms with Gasteiger partial charge in [0.2, 0.25) is 0 Å². The maximum Gasteiger partial charge on any atom is 0.302 e. The van der Waals surface area contributed by atoms with Crippen molar-refractivity contribution in [2.75, 3.05) is 6.61 Å². The molecule has 0 heterocycles. The van der Waals surface area contributed by atoms with Crippen LogP contribution in [0.5, 0.6) is 0 Å². The predicted molar refractivity (Wildman–Crippen MR) is 79.6 cm³/mol. The normalized spacial score (nSPS) is 39.3. The molecule has 2 aliphatic carbocycles. The second-order valence-corrected chi connectivity index (χ2v) is 7.58. The van der Waals surface area contributed by atoms with E-state index in [2.05, 4.69) is 13.8 Å². The van der Waals surface area contributed by atoms with E-state index in [0.29, 0.717) is 30.5 Å². The van der Waals surface area contributed by atoms with Gasteiger partial charge in [-0.05, 0) is 43.9 Å². The molecule has 0 aromatic carbocycles. The molecular weight excluding hydrogens is 268 g/mol. The van der Waals surface area contributed by atoms with Crippen LogP contribution in [0.25, 0.3) is 0 Å². The molecule has 0 saturated heterocycles. The maximum absolute atomic E-state index is 12.4. The molecule has 5 atom stereocenters. The third-order valence-electron chi connectivity index (χ3n) is 5.91. The summed E-state index contributed by atoms with van der Waals surface area (Å²) in [6.07, 6.45) is 4.26. The molecule has 0 aliphatic heterocycles. The highest BCUT2D eigenvalue weighted by Gasteiger charge is 2.52. The van der Waals surface area contributed by atoms with E-state index in [0.717, 1.165) is 19.3 Å². The van der Waals surface area contributed by atoms with Crippen molar-refractivity contribution in [1.82, 2.24) is 0 Å². The van der Waals surface area contributed by atoms with Gasteiger partial charge in [-0.15, -0.1) is 0 Å². The van der Waals surface area contributed by atoms with Gasteiger partial charge in [0, 0.05) is 18.8 Å². The molecule has 120 valence electrons. The summed E-state index contributed by atoms with van der Waals surface area (Å²) in [7, 11) is 0. The van der Waals surface area contributed by atoms with Crippen LogP contribution in [-0.2, 0) is 14.3 Å². The van der Waals surface area contributed by atoms with Crippen LogP contribution >= 0.6 is 0 Å². The van der Waals surface area contributed by atoms with Crippen molar-refractivity contribution in [3.8, 4) is 0 Å². The first-order chi connectivity index (χ1) is 9.67. The molecule has 0 aromatic heterocycles. The largest absolute Gasteiger partial charge is 0.463 e. The Morgan fingerprint density at radius 3 is 2.71 bits per heavy atom. The highest BCUT2D eigenvalue weighted by atomic mass is 16.5. The first-order valence-electron chi connectivity index (χ1n) is 8.06. The van der Waals surface area contributed by atoms with Gasteiger partial charge in [-0.2, -0.15) is 0 Å². The molecule has 1 N–H and O–H groups in total. The Kier molecular flexibility index (Phi) is 4.48. The summed E-state index contributed by atoms with van der Waals surface area (Å²) in [6.45, 7) is 7.39. The van der Waals surface area contributed by atoms with Crippen LogP contribution in [0, 0.1) is 23.2 Å². The molecule has 4 heteroatoms. The van der Waals surface area contributed by atoms with Crippen molar-refractivity contribution in [3.63, 3.8) is 0 Å². The summed E-state index contributed by atoms with van der Waals surface area (Å²) < 4.78 is 5.02. The molecule has 2 fully saturated rings. The lowest BCUT2D eigenvalue weighted by atomic mass is 9.68. The summed E-state index contributed by atoms with van der Waals surface area (Å²) in [5.41, 5.74) is -1.38. The second-order valence-electron chi connectivity index (χ2n) is 7.58. The van der Waals surface area contributed by atoms with Gasteiger partial charge in [0.15, 0.2) is 0 Å². The lowest BCUT2D eigenvalue weighted by Crippen LogP contribution is -2.43. The minimum absolute atomic E-state index is 0.00338. The van der Waals surface area contributed by atoms with Gasteiger partial charge in [0.25, 0.3) is 0 Å². The number of hydrogen-bond donors (Lipinski definition) is 1. The molecule has 0 aromatic rings. The van der Waals surface area contributed by atoms with Crippen molar-refractivity contribution < 1.29 is 19.4 Å². The summed E-state index contributed by atoms with van der Waals surface area (Å²) in [5, 5.41) is 10.7. The monoisotopic (exact) mass is 296 g/mol. The van der Waals surface area contributed by atoms with Crippen LogP contribution < -0.4 is 0 Å². The zero-order valence-corrected chi connectivity index (χ0v) is 13.6. The summed E-state index contributed by atoms with van der Waals surface area (Å²) >= 11 is 0. The van der Waals surface area contributed by atoms with E-state index in [9.17, 15) is 14.7 Å².